The molecule has 0 aromatic heterocycles. The second-order valence-electron chi connectivity index (χ2n) is 9.88. The summed E-state index contributed by atoms with van der Waals surface area (Å²) in [5, 5.41) is 3.35. The standard InChI is InChI=1S/C29H38N2O2/c32-28(30-26-19-11-4-12-20-26)27(21-23-13-5-1-6-14-23)31(22-24-15-7-2-8-16-24)29(33)25-17-9-3-10-18-25/h2-3,7-10,15-18,23,26-27H,1,4-6,11-14,19-22H2,(H,30,32). The third-order valence-electron chi connectivity index (χ3n) is 7.39. The fourth-order valence-electron chi connectivity index (χ4n) is 5.51. The first-order chi connectivity index (χ1) is 16.2. The van der Waals surface area contributed by atoms with E-state index >= 15 is 0 Å². The molecule has 176 valence electrons. The van der Waals surface area contributed by atoms with E-state index in [1.807, 2.05) is 65.6 Å². The van der Waals surface area contributed by atoms with Crippen LogP contribution in [0.3, 0.4) is 0 Å². The lowest BCUT2D eigenvalue weighted by atomic mass is 9.84. The highest BCUT2D eigenvalue weighted by Gasteiger charge is 2.34. The van der Waals surface area contributed by atoms with E-state index in [1.54, 1.807) is 0 Å². The molecule has 1 atom stereocenters. The molecule has 2 aromatic rings. The van der Waals surface area contributed by atoms with Gasteiger partial charge in [-0.3, -0.25) is 9.59 Å². The molecule has 33 heavy (non-hydrogen) atoms. The molecule has 2 aliphatic rings. The molecule has 2 amide bonds. The van der Waals surface area contributed by atoms with Gasteiger partial charge >= 0.3 is 0 Å². The normalized spacial score (nSPS) is 18.4. The van der Waals surface area contributed by atoms with Crippen LogP contribution in [0.5, 0.6) is 0 Å². The zero-order valence-corrected chi connectivity index (χ0v) is 19.8. The van der Waals surface area contributed by atoms with Gasteiger partial charge in [0, 0.05) is 18.2 Å². The van der Waals surface area contributed by atoms with Gasteiger partial charge in [-0.15, -0.1) is 0 Å². The van der Waals surface area contributed by atoms with Crippen LogP contribution >= 0.6 is 0 Å². The minimum Gasteiger partial charge on any atom is -0.352 e. The first kappa shape index (κ1) is 23.5. The summed E-state index contributed by atoms with van der Waals surface area (Å²) in [5.74, 6) is 0.481. The van der Waals surface area contributed by atoms with Crippen molar-refractivity contribution in [1.29, 1.82) is 0 Å². The molecule has 0 aliphatic heterocycles. The average molecular weight is 447 g/mol. The van der Waals surface area contributed by atoms with Gasteiger partial charge < -0.3 is 10.2 Å². The molecule has 0 heterocycles. The van der Waals surface area contributed by atoms with Crippen LogP contribution < -0.4 is 5.32 Å². The molecule has 0 saturated heterocycles. The summed E-state index contributed by atoms with van der Waals surface area (Å²) < 4.78 is 0. The van der Waals surface area contributed by atoms with Crippen LogP contribution in [-0.4, -0.2) is 28.8 Å². The quantitative estimate of drug-likeness (QED) is 0.531. The molecular weight excluding hydrogens is 408 g/mol. The minimum atomic E-state index is -0.442. The molecule has 2 saturated carbocycles. The fraction of sp³-hybridized carbons (Fsp3) is 0.517. The van der Waals surface area contributed by atoms with Gasteiger partial charge in [0.05, 0.1) is 0 Å². The van der Waals surface area contributed by atoms with E-state index in [0.717, 1.165) is 37.7 Å². The third kappa shape index (κ3) is 6.69. The van der Waals surface area contributed by atoms with E-state index in [2.05, 4.69) is 5.32 Å². The lowest BCUT2D eigenvalue weighted by Crippen LogP contribution is -2.52. The number of carbonyl (C=O) groups excluding carboxylic acids is 2. The van der Waals surface area contributed by atoms with Gasteiger partial charge in [0.2, 0.25) is 5.91 Å². The van der Waals surface area contributed by atoms with E-state index in [0.29, 0.717) is 18.0 Å². The largest absolute Gasteiger partial charge is 0.352 e. The van der Waals surface area contributed by atoms with Crippen molar-refractivity contribution < 1.29 is 9.59 Å². The molecule has 0 radical (unpaired) electrons. The maximum absolute atomic E-state index is 13.8. The average Bonchev–Trinajstić information content (AvgIpc) is 2.88. The zero-order valence-electron chi connectivity index (χ0n) is 19.8. The highest BCUT2D eigenvalue weighted by molar-refractivity contribution is 5.97. The first-order valence-electron chi connectivity index (χ1n) is 12.9. The summed E-state index contributed by atoms with van der Waals surface area (Å²) in [6.07, 6.45) is 12.5. The van der Waals surface area contributed by atoms with Crippen LogP contribution in [0.1, 0.15) is 86.6 Å². The van der Waals surface area contributed by atoms with E-state index in [1.165, 1.54) is 38.5 Å². The number of hydrogen-bond acceptors (Lipinski definition) is 2. The first-order valence-corrected chi connectivity index (χ1v) is 12.9. The Kier molecular flexibility index (Phi) is 8.57. The second kappa shape index (κ2) is 12.0. The number of carbonyl (C=O) groups is 2. The predicted molar refractivity (Wildman–Crippen MR) is 133 cm³/mol. The number of amides is 2. The molecule has 0 bridgehead atoms. The van der Waals surface area contributed by atoms with Crippen molar-refractivity contribution in [3.63, 3.8) is 0 Å². The van der Waals surface area contributed by atoms with Crippen molar-refractivity contribution in [3.05, 3.63) is 71.8 Å². The summed E-state index contributed by atoms with van der Waals surface area (Å²) in [6, 6.07) is 19.3. The Morgan fingerprint density at radius 2 is 1.36 bits per heavy atom. The Labute approximate surface area is 198 Å². The summed E-state index contributed by atoms with van der Waals surface area (Å²) >= 11 is 0. The maximum Gasteiger partial charge on any atom is 0.254 e. The minimum absolute atomic E-state index is 0.0349. The molecule has 0 spiro atoms. The van der Waals surface area contributed by atoms with E-state index in [-0.39, 0.29) is 17.9 Å². The highest BCUT2D eigenvalue weighted by Crippen LogP contribution is 2.30. The van der Waals surface area contributed by atoms with Gasteiger partial charge in [0.25, 0.3) is 5.91 Å². The lowest BCUT2D eigenvalue weighted by Gasteiger charge is -2.36. The Hall–Kier alpha value is -2.62. The lowest BCUT2D eigenvalue weighted by molar-refractivity contribution is -0.127. The Morgan fingerprint density at radius 1 is 0.788 bits per heavy atom. The van der Waals surface area contributed by atoms with E-state index < -0.39 is 6.04 Å². The van der Waals surface area contributed by atoms with Crippen LogP contribution in [0.15, 0.2) is 60.7 Å². The topological polar surface area (TPSA) is 49.4 Å². The second-order valence-corrected chi connectivity index (χ2v) is 9.88. The van der Waals surface area contributed by atoms with Crippen molar-refractivity contribution in [2.45, 2.75) is 89.3 Å². The third-order valence-corrected chi connectivity index (χ3v) is 7.39. The molecule has 4 rings (SSSR count). The van der Waals surface area contributed by atoms with Crippen molar-refractivity contribution in [1.82, 2.24) is 10.2 Å². The SMILES string of the molecule is O=C(NC1CCCCC1)C(CC1CCCCC1)N(Cc1ccccc1)C(=O)c1ccccc1. The molecule has 1 unspecified atom stereocenters. The van der Waals surface area contributed by atoms with Gasteiger partial charge in [-0.25, -0.2) is 0 Å². The zero-order chi connectivity index (χ0) is 22.9. The van der Waals surface area contributed by atoms with Crippen LogP contribution in [0.2, 0.25) is 0 Å². The molecule has 2 fully saturated rings. The Morgan fingerprint density at radius 3 is 2.00 bits per heavy atom. The van der Waals surface area contributed by atoms with Gasteiger partial charge in [-0.05, 0) is 42.9 Å². The predicted octanol–water partition coefficient (Wildman–Crippen LogP) is 6.12. The maximum atomic E-state index is 13.8. The molecule has 2 aliphatic carbocycles. The summed E-state index contributed by atoms with van der Waals surface area (Å²) in [4.78, 5) is 29.4. The van der Waals surface area contributed by atoms with Gasteiger partial charge in [0.1, 0.15) is 6.04 Å². The van der Waals surface area contributed by atoms with Crippen LogP contribution in [0.25, 0.3) is 0 Å². The summed E-state index contributed by atoms with van der Waals surface area (Å²) in [6.45, 7) is 0.448. The van der Waals surface area contributed by atoms with Gasteiger partial charge in [0.15, 0.2) is 0 Å². The summed E-state index contributed by atoms with van der Waals surface area (Å²) in [7, 11) is 0. The Balaban J connectivity index is 1.62. The van der Waals surface area contributed by atoms with E-state index in [9.17, 15) is 9.59 Å². The van der Waals surface area contributed by atoms with Gasteiger partial charge in [-0.1, -0.05) is 99.9 Å². The van der Waals surface area contributed by atoms with Gasteiger partial charge in [-0.2, -0.15) is 0 Å². The molecular formula is C29H38N2O2. The molecule has 1 N–H and O–H groups in total. The summed E-state index contributed by atoms with van der Waals surface area (Å²) in [5.41, 5.74) is 1.70. The van der Waals surface area contributed by atoms with Crippen molar-refractivity contribution >= 4 is 11.8 Å². The highest BCUT2D eigenvalue weighted by atomic mass is 16.2. The number of nitrogens with one attached hydrogen (secondary N) is 1. The fourth-order valence-corrected chi connectivity index (χ4v) is 5.51. The smallest absolute Gasteiger partial charge is 0.254 e. The van der Waals surface area contributed by atoms with Crippen molar-refractivity contribution in [2.75, 3.05) is 0 Å². The molecule has 2 aromatic carbocycles. The number of benzene rings is 2. The van der Waals surface area contributed by atoms with E-state index in [4.69, 9.17) is 0 Å². The van der Waals surface area contributed by atoms with Crippen molar-refractivity contribution in [3.8, 4) is 0 Å². The monoisotopic (exact) mass is 446 g/mol. The Bertz CT molecular complexity index is 871. The molecule has 4 nitrogen and oxygen atoms in total. The van der Waals surface area contributed by atoms with Crippen LogP contribution in [0, 0.1) is 5.92 Å². The van der Waals surface area contributed by atoms with Crippen LogP contribution in [-0.2, 0) is 11.3 Å². The molecule has 4 heteroatoms. The number of rotatable bonds is 8. The number of nitrogens with zero attached hydrogens (tertiary/aromatic N) is 1. The van der Waals surface area contributed by atoms with Crippen molar-refractivity contribution in [2.24, 2.45) is 5.92 Å². The van der Waals surface area contributed by atoms with Crippen LogP contribution in [0.4, 0.5) is 0 Å². The number of hydrogen-bond donors (Lipinski definition) is 1.